The molecule has 2 unspecified atom stereocenters. The van der Waals surface area contributed by atoms with Crippen LogP contribution in [0.15, 0.2) is 24.3 Å². The molecule has 0 amide bonds. The average molecular weight is 272 g/mol. The molecule has 1 aromatic rings. The van der Waals surface area contributed by atoms with Crippen LogP contribution < -0.4 is 11.3 Å². The third kappa shape index (κ3) is 2.71. The van der Waals surface area contributed by atoms with Crippen LogP contribution in [0.2, 0.25) is 0 Å². The van der Waals surface area contributed by atoms with Gasteiger partial charge in [-0.05, 0) is 30.5 Å². The van der Waals surface area contributed by atoms with E-state index in [0.717, 1.165) is 6.42 Å². The monoisotopic (exact) mass is 272 g/mol. The zero-order chi connectivity index (χ0) is 13.2. The van der Waals surface area contributed by atoms with E-state index >= 15 is 0 Å². The van der Waals surface area contributed by atoms with Crippen molar-refractivity contribution in [1.29, 1.82) is 0 Å². The summed E-state index contributed by atoms with van der Waals surface area (Å²) in [4.78, 5) is 0. The first-order chi connectivity index (χ1) is 8.54. The summed E-state index contributed by atoms with van der Waals surface area (Å²) in [5.41, 5.74) is 3.10. The van der Waals surface area contributed by atoms with Gasteiger partial charge in [0.15, 0.2) is 9.84 Å². The summed E-state index contributed by atoms with van der Waals surface area (Å²) in [5, 5.41) is -0.571. The highest BCUT2D eigenvalue weighted by atomic mass is 32.2. The second kappa shape index (κ2) is 5.34. The minimum atomic E-state index is -3.16. The van der Waals surface area contributed by atoms with Gasteiger partial charge < -0.3 is 0 Å². The Bertz CT molecular complexity index is 519. The molecule has 1 fully saturated rings. The molecule has 2 rings (SSSR count). The SMILES string of the molecule is NNC(c1cccc(F)c1)C1CCCCS1(=O)=O. The molecular weight excluding hydrogens is 255 g/mol. The molecule has 1 heterocycles. The van der Waals surface area contributed by atoms with Crippen molar-refractivity contribution in [3.05, 3.63) is 35.6 Å². The van der Waals surface area contributed by atoms with E-state index < -0.39 is 21.1 Å². The first-order valence-electron chi connectivity index (χ1n) is 5.98. The fourth-order valence-corrected chi connectivity index (χ4v) is 4.56. The van der Waals surface area contributed by atoms with E-state index in [-0.39, 0.29) is 11.6 Å². The first kappa shape index (κ1) is 13.5. The summed E-state index contributed by atoms with van der Waals surface area (Å²) in [7, 11) is -3.16. The Morgan fingerprint density at radius 3 is 2.78 bits per heavy atom. The molecule has 0 spiro atoms. The van der Waals surface area contributed by atoms with Crippen LogP contribution >= 0.6 is 0 Å². The second-order valence-corrected chi connectivity index (χ2v) is 6.94. The van der Waals surface area contributed by atoms with Crippen molar-refractivity contribution in [2.24, 2.45) is 5.84 Å². The lowest BCUT2D eigenvalue weighted by molar-refractivity contribution is 0.452. The molecular formula is C12H17FN2O2S. The Morgan fingerprint density at radius 2 is 2.17 bits per heavy atom. The summed E-state index contributed by atoms with van der Waals surface area (Å²) in [6.07, 6.45) is 2.12. The standard InChI is InChI=1S/C12H17FN2O2S/c13-10-5-3-4-9(8-10)12(15-14)11-6-1-2-7-18(11,16)17/h3-5,8,11-12,15H,1-2,6-7,14H2. The van der Waals surface area contributed by atoms with Crippen molar-refractivity contribution in [2.75, 3.05) is 5.75 Å². The summed E-state index contributed by atoms with van der Waals surface area (Å²) >= 11 is 0. The fourth-order valence-electron chi connectivity index (χ4n) is 2.47. The number of nitrogens with one attached hydrogen (secondary N) is 1. The predicted octanol–water partition coefficient (Wildman–Crippen LogP) is 1.30. The van der Waals surface area contributed by atoms with Gasteiger partial charge in [-0.2, -0.15) is 0 Å². The van der Waals surface area contributed by atoms with Crippen LogP contribution in [0.4, 0.5) is 4.39 Å². The van der Waals surface area contributed by atoms with Crippen LogP contribution in [0.3, 0.4) is 0 Å². The van der Waals surface area contributed by atoms with Gasteiger partial charge in [-0.25, -0.2) is 12.8 Å². The Labute approximate surface area is 106 Å². The lowest BCUT2D eigenvalue weighted by Gasteiger charge is -2.29. The van der Waals surface area contributed by atoms with E-state index in [0.29, 0.717) is 18.4 Å². The molecule has 0 bridgehead atoms. The molecule has 4 nitrogen and oxygen atoms in total. The number of hydrogen-bond donors (Lipinski definition) is 2. The largest absolute Gasteiger partial charge is 0.271 e. The van der Waals surface area contributed by atoms with Crippen molar-refractivity contribution in [3.8, 4) is 0 Å². The number of benzene rings is 1. The summed E-state index contributed by atoms with van der Waals surface area (Å²) in [5.74, 6) is 5.27. The van der Waals surface area contributed by atoms with Crippen molar-refractivity contribution in [2.45, 2.75) is 30.6 Å². The Balaban J connectivity index is 2.33. The van der Waals surface area contributed by atoms with Crippen molar-refractivity contribution in [1.82, 2.24) is 5.43 Å². The molecule has 0 saturated carbocycles. The quantitative estimate of drug-likeness (QED) is 0.642. The molecule has 0 aliphatic carbocycles. The van der Waals surface area contributed by atoms with E-state index in [1.165, 1.54) is 12.1 Å². The molecule has 2 atom stereocenters. The van der Waals surface area contributed by atoms with Crippen LogP contribution in [0.5, 0.6) is 0 Å². The smallest absolute Gasteiger partial charge is 0.155 e. The lowest BCUT2D eigenvalue weighted by atomic mass is 10.00. The Morgan fingerprint density at radius 1 is 1.39 bits per heavy atom. The summed E-state index contributed by atoms with van der Waals surface area (Å²) < 4.78 is 37.3. The average Bonchev–Trinajstić information content (AvgIpc) is 2.32. The highest BCUT2D eigenvalue weighted by Crippen LogP contribution is 2.30. The summed E-state index contributed by atoms with van der Waals surface area (Å²) in [6, 6.07) is 5.36. The number of hydrazine groups is 1. The minimum absolute atomic E-state index is 0.186. The number of hydrogen-bond acceptors (Lipinski definition) is 4. The maximum atomic E-state index is 13.2. The van der Waals surface area contributed by atoms with Gasteiger partial charge in [0.05, 0.1) is 17.0 Å². The molecule has 0 aromatic heterocycles. The number of rotatable bonds is 3. The Kier molecular flexibility index (Phi) is 3.99. The zero-order valence-corrected chi connectivity index (χ0v) is 10.8. The van der Waals surface area contributed by atoms with E-state index in [4.69, 9.17) is 5.84 Å². The van der Waals surface area contributed by atoms with Crippen LogP contribution in [-0.4, -0.2) is 19.4 Å². The minimum Gasteiger partial charge on any atom is -0.271 e. The Hall–Kier alpha value is -0.980. The van der Waals surface area contributed by atoms with Crippen molar-refractivity contribution in [3.63, 3.8) is 0 Å². The maximum absolute atomic E-state index is 13.2. The second-order valence-electron chi connectivity index (χ2n) is 4.60. The predicted molar refractivity (Wildman–Crippen MR) is 67.9 cm³/mol. The van der Waals surface area contributed by atoms with Gasteiger partial charge in [0.25, 0.3) is 0 Å². The molecule has 1 aliphatic rings. The molecule has 18 heavy (non-hydrogen) atoms. The number of halogens is 1. The molecule has 1 aliphatic heterocycles. The third-order valence-electron chi connectivity index (χ3n) is 3.39. The van der Waals surface area contributed by atoms with Gasteiger partial charge in [0, 0.05) is 0 Å². The van der Waals surface area contributed by atoms with Crippen molar-refractivity contribution < 1.29 is 12.8 Å². The summed E-state index contributed by atoms with van der Waals surface area (Å²) in [6.45, 7) is 0. The normalized spacial score (nSPS) is 24.7. The maximum Gasteiger partial charge on any atom is 0.155 e. The van der Waals surface area contributed by atoms with Gasteiger partial charge in [0.2, 0.25) is 0 Å². The third-order valence-corrected chi connectivity index (χ3v) is 5.68. The molecule has 6 heteroatoms. The van der Waals surface area contributed by atoms with E-state index in [1.54, 1.807) is 12.1 Å². The van der Waals surface area contributed by atoms with Gasteiger partial charge in [-0.3, -0.25) is 11.3 Å². The molecule has 100 valence electrons. The van der Waals surface area contributed by atoms with Crippen LogP contribution in [0.1, 0.15) is 30.9 Å². The van der Waals surface area contributed by atoms with Crippen LogP contribution in [0.25, 0.3) is 0 Å². The van der Waals surface area contributed by atoms with E-state index in [9.17, 15) is 12.8 Å². The van der Waals surface area contributed by atoms with Gasteiger partial charge in [-0.15, -0.1) is 0 Å². The highest BCUT2D eigenvalue weighted by molar-refractivity contribution is 7.92. The van der Waals surface area contributed by atoms with Gasteiger partial charge in [-0.1, -0.05) is 18.6 Å². The lowest BCUT2D eigenvalue weighted by Crippen LogP contribution is -2.43. The van der Waals surface area contributed by atoms with Gasteiger partial charge >= 0.3 is 0 Å². The molecule has 1 saturated heterocycles. The molecule has 0 radical (unpaired) electrons. The van der Waals surface area contributed by atoms with E-state index in [1.807, 2.05) is 0 Å². The zero-order valence-electron chi connectivity index (χ0n) is 9.97. The molecule has 3 N–H and O–H groups in total. The van der Waals surface area contributed by atoms with Crippen LogP contribution in [-0.2, 0) is 9.84 Å². The van der Waals surface area contributed by atoms with Crippen LogP contribution in [0, 0.1) is 5.82 Å². The number of nitrogens with two attached hydrogens (primary N) is 1. The van der Waals surface area contributed by atoms with E-state index in [2.05, 4.69) is 5.43 Å². The van der Waals surface area contributed by atoms with Gasteiger partial charge in [0.1, 0.15) is 5.82 Å². The highest BCUT2D eigenvalue weighted by Gasteiger charge is 2.35. The number of sulfone groups is 1. The first-order valence-corrected chi connectivity index (χ1v) is 7.69. The van der Waals surface area contributed by atoms with Crippen molar-refractivity contribution >= 4 is 9.84 Å². The molecule has 1 aromatic carbocycles. The fraction of sp³-hybridized carbons (Fsp3) is 0.500. The topological polar surface area (TPSA) is 72.2 Å².